The van der Waals surface area contributed by atoms with Crippen molar-refractivity contribution in [3.05, 3.63) is 16.1 Å². The smallest absolute Gasteiger partial charge is 0.107 e. The lowest BCUT2D eigenvalue weighted by Gasteiger charge is -2.25. The van der Waals surface area contributed by atoms with Gasteiger partial charge in [-0.15, -0.1) is 11.3 Å². The maximum atomic E-state index is 5.81. The van der Waals surface area contributed by atoms with Crippen molar-refractivity contribution in [1.82, 2.24) is 10.3 Å². The topological polar surface area (TPSA) is 50.9 Å². The van der Waals surface area contributed by atoms with E-state index in [4.69, 9.17) is 5.73 Å². The van der Waals surface area contributed by atoms with Gasteiger partial charge in [-0.2, -0.15) is 0 Å². The van der Waals surface area contributed by atoms with Gasteiger partial charge in [0.1, 0.15) is 5.01 Å². The van der Waals surface area contributed by atoms with Gasteiger partial charge in [0.2, 0.25) is 0 Å². The largest absolute Gasteiger partial charge is 0.330 e. The van der Waals surface area contributed by atoms with Crippen LogP contribution in [0.3, 0.4) is 0 Å². The normalized spacial score (nSPS) is 13.9. The van der Waals surface area contributed by atoms with Crippen molar-refractivity contribution >= 4 is 11.3 Å². The molecule has 0 amide bonds. The Morgan fingerprint density at radius 2 is 2.18 bits per heavy atom. The fourth-order valence-corrected chi connectivity index (χ4v) is 2.71. The lowest BCUT2D eigenvalue weighted by molar-refractivity contribution is 0.289. The number of aromatic nitrogens is 1. The summed E-state index contributed by atoms with van der Waals surface area (Å²) in [5.74, 6) is 0.552. The molecular weight excluding hydrogens is 230 g/mol. The lowest BCUT2D eigenvalue weighted by atomic mass is 9.84. The Morgan fingerprint density at radius 3 is 2.65 bits per heavy atom. The Balaban J connectivity index is 2.28. The van der Waals surface area contributed by atoms with Crippen molar-refractivity contribution in [2.45, 2.75) is 40.7 Å². The number of hydrogen-bond donors (Lipinski definition) is 2. The first-order chi connectivity index (χ1) is 7.90. The van der Waals surface area contributed by atoms with E-state index >= 15 is 0 Å². The average Bonchev–Trinajstić information content (AvgIpc) is 2.61. The highest BCUT2D eigenvalue weighted by atomic mass is 32.1. The van der Waals surface area contributed by atoms with Crippen molar-refractivity contribution in [3.8, 4) is 0 Å². The maximum absolute atomic E-state index is 5.81. The second kappa shape index (κ2) is 6.47. The molecule has 0 aromatic carbocycles. The standard InChI is InChI=1S/C13H25N3S/c1-10-9-17-12(16-10)8-15-7-11(6-14)5-13(2,3)4/h9,11,15H,5-8,14H2,1-4H3. The third kappa shape index (κ3) is 6.15. The molecule has 0 aliphatic heterocycles. The third-order valence-corrected chi connectivity index (χ3v) is 3.58. The predicted octanol–water partition coefficient (Wildman–Crippen LogP) is 2.55. The van der Waals surface area contributed by atoms with Crippen LogP contribution in [0.25, 0.3) is 0 Å². The number of thiazole rings is 1. The summed E-state index contributed by atoms with van der Waals surface area (Å²) in [7, 11) is 0. The fraction of sp³-hybridized carbons (Fsp3) is 0.769. The first-order valence-corrected chi connectivity index (χ1v) is 7.10. The summed E-state index contributed by atoms with van der Waals surface area (Å²) in [6.07, 6.45) is 1.16. The summed E-state index contributed by atoms with van der Waals surface area (Å²) >= 11 is 1.72. The van der Waals surface area contributed by atoms with E-state index in [0.29, 0.717) is 11.3 Å². The minimum absolute atomic E-state index is 0.351. The maximum Gasteiger partial charge on any atom is 0.107 e. The summed E-state index contributed by atoms with van der Waals surface area (Å²) in [5, 5.41) is 6.71. The van der Waals surface area contributed by atoms with Gasteiger partial charge in [0.05, 0.1) is 0 Å². The summed E-state index contributed by atoms with van der Waals surface area (Å²) in [6, 6.07) is 0. The summed E-state index contributed by atoms with van der Waals surface area (Å²) in [4.78, 5) is 4.43. The number of rotatable bonds is 6. The molecule has 3 nitrogen and oxygen atoms in total. The van der Waals surface area contributed by atoms with Gasteiger partial charge in [-0.05, 0) is 37.8 Å². The Kier molecular flexibility index (Phi) is 5.56. The van der Waals surface area contributed by atoms with Crippen LogP contribution in [-0.4, -0.2) is 18.1 Å². The van der Waals surface area contributed by atoms with Gasteiger partial charge in [0, 0.05) is 17.6 Å². The van der Waals surface area contributed by atoms with E-state index in [1.54, 1.807) is 11.3 Å². The van der Waals surface area contributed by atoms with Gasteiger partial charge in [0.15, 0.2) is 0 Å². The fourth-order valence-electron chi connectivity index (χ4n) is 1.97. The highest BCUT2D eigenvalue weighted by Gasteiger charge is 2.17. The quantitative estimate of drug-likeness (QED) is 0.821. The van der Waals surface area contributed by atoms with Crippen molar-refractivity contribution < 1.29 is 0 Å². The highest BCUT2D eigenvalue weighted by molar-refractivity contribution is 7.09. The van der Waals surface area contributed by atoms with Crippen molar-refractivity contribution in [1.29, 1.82) is 0 Å². The Bertz CT molecular complexity index is 328. The highest BCUT2D eigenvalue weighted by Crippen LogP contribution is 2.23. The molecule has 0 bridgehead atoms. The number of nitrogens with two attached hydrogens (primary N) is 1. The molecule has 1 heterocycles. The SMILES string of the molecule is Cc1csc(CNCC(CN)CC(C)(C)C)n1. The van der Waals surface area contributed by atoms with E-state index < -0.39 is 0 Å². The molecule has 0 saturated carbocycles. The minimum Gasteiger partial charge on any atom is -0.330 e. The minimum atomic E-state index is 0.351. The van der Waals surface area contributed by atoms with Crippen molar-refractivity contribution in [2.24, 2.45) is 17.1 Å². The molecule has 1 aromatic rings. The molecule has 4 heteroatoms. The number of hydrogen-bond acceptors (Lipinski definition) is 4. The van der Waals surface area contributed by atoms with Crippen LogP contribution in [-0.2, 0) is 6.54 Å². The number of aryl methyl sites for hydroxylation is 1. The second-order valence-corrected chi connectivity index (χ2v) is 6.82. The van der Waals surface area contributed by atoms with Gasteiger partial charge in [-0.25, -0.2) is 4.98 Å². The molecule has 1 atom stereocenters. The van der Waals surface area contributed by atoms with Crippen LogP contribution in [0.4, 0.5) is 0 Å². The van der Waals surface area contributed by atoms with E-state index in [1.807, 2.05) is 6.92 Å². The van der Waals surface area contributed by atoms with Crippen LogP contribution in [0.2, 0.25) is 0 Å². The van der Waals surface area contributed by atoms with Crippen LogP contribution in [0, 0.1) is 18.3 Å². The van der Waals surface area contributed by atoms with Crippen LogP contribution >= 0.6 is 11.3 Å². The molecule has 0 aliphatic carbocycles. The zero-order chi connectivity index (χ0) is 12.9. The van der Waals surface area contributed by atoms with E-state index in [0.717, 1.165) is 36.8 Å². The van der Waals surface area contributed by atoms with Crippen LogP contribution < -0.4 is 11.1 Å². The first kappa shape index (κ1) is 14.6. The lowest BCUT2D eigenvalue weighted by Crippen LogP contribution is -2.31. The molecular formula is C13H25N3S. The molecule has 98 valence electrons. The van der Waals surface area contributed by atoms with E-state index in [2.05, 4.69) is 36.5 Å². The Hall–Kier alpha value is -0.450. The molecule has 0 saturated heterocycles. The molecule has 1 aromatic heterocycles. The number of nitrogens with zero attached hydrogens (tertiary/aromatic N) is 1. The van der Waals surface area contributed by atoms with E-state index in [1.165, 1.54) is 0 Å². The van der Waals surface area contributed by atoms with Gasteiger partial charge in [-0.1, -0.05) is 20.8 Å². The Morgan fingerprint density at radius 1 is 1.47 bits per heavy atom. The summed E-state index contributed by atoms with van der Waals surface area (Å²) in [6.45, 7) is 11.4. The van der Waals surface area contributed by atoms with Gasteiger partial charge < -0.3 is 11.1 Å². The van der Waals surface area contributed by atoms with Crippen LogP contribution in [0.5, 0.6) is 0 Å². The third-order valence-electron chi connectivity index (χ3n) is 2.61. The first-order valence-electron chi connectivity index (χ1n) is 6.22. The van der Waals surface area contributed by atoms with Gasteiger partial charge >= 0.3 is 0 Å². The Labute approximate surface area is 109 Å². The molecule has 3 N–H and O–H groups in total. The second-order valence-electron chi connectivity index (χ2n) is 5.88. The van der Waals surface area contributed by atoms with Crippen LogP contribution in [0.1, 0.15) is 37.9 Å². The molecule has 0 fully saturated rings. The molecule has 17 heavy (non-hydrogen) atoms. The predicted molar refractivity (Wildman–Crippen MR) is 75.2 cm³/mol. The van der Waals surface area contributed by atoms with Crippen molar-refractivity contribution in [3.63, 3.8) is 0 Å². The van der Waals surface area contributed by atoms with E-state index in [9.17, 15) is 0 Å². The number of nitrogens with one attached hydrogen (secondary N) is 1. The molecule has 0 aliphatic rings. The summed E-state index contributed by atoms with van der Waals surface area (Å²) in [5.41, 5.74) is 7.27. The molecule has 0 spiro atoms. The zero-order valence-electron chi connectivity index (χ0n) is 11.4. The molecule has 0 radical (unpaired) electrons. The van der Waals surface area contributed by atoms with Crippen LogP contribution in [0.15, 0.2) is 5.38 Å². The molecule has 1 rings (SSSR count). The van der Waals surface area contributed by atoms with E-state index in [-0.39, 0.29) is 0 Å². The molecule has 1 unspecified atom stereocenters. The zero-order valence-corrected chi connectivity index (χ0v) is 12.2. The van der Waals surface area contributed by atoms with Crippen molar-refractivity contribution in [2.75, 3.05) is 13.1 Å². The van der Waals surface area contributed by atoms with Gasteiger partial charge in [0.25, 0.3) is 0 Å². The monoisotopic (exact) mass is 255 g/mol. The average molecular weight is 255 g/mol. The van der Waals surface area contributed by atoms with Gasteiger partial charge in [-0.3, -0.25) is 0 Å². The summed E-state index contributed by atoms with van der Waals surface area (Å²) < 4.78 is 0.